The third-order valence-corrected chi connectivity index (χ3v) is 6.46. The number of ether oxygens (including phenoxy) is 2. The molecular weight excluding hydrogens is 530 g/mol. The molecule has 9 nitrogen and oxygen atoms in total. The van der Waals surface area contributed by atoms with Gasteiger partial charge in [-0.1, -0.05) is 24.3 Å². The number of benzene rings is 1. The van der Waals surface area contributed by atoms with Gasteiger partial charge in [0.05, 0.1) is 24.4 Å². The van der Waals surface area contributed by atoms with E-state index in [1.165, 1.54) is 31.1 Å². The normalized spacial score (nSPS) is 13.6. The van der Waals surface area contributed by atoms with Gasteiger partial charge in [0.15, 0.2) is 17.2 Å². The molecule has 0 N–H and O–H groups in total. The van der Waals surface area contributed by atoms with Crippen molar-refractivity contribution in [2.75, 3.05) is 7.11 Å². The second-order valence-electron chi connectivity index (χ2n) is 9.34. The van der Waals surface area contributed by atoms with Crippen LogP contribution in [0.15, 0.2) is 49.1 Å². The van der Waals surface area contributed by atoms with Crippen molar-refractivity contribution in [3.05, 3.63) is 71.8 Å². The van der Waals surface area contributed by atoms with Crippen LogP contribution in [0.5, 0.6) is 11.8 Å². The van der Waals surface area contributed by atoms with Crippen LogP contribution < -0.4 is 9.47 Å². The minimum Gasteiger partial charge on any atom is -0.480 e. The van der Waals surface area contributed by atoms with Crippen molar-refractivity contribution in [3.63, 3.8) is 0 Å². The van der Waals surface area contributed by atoms with Gasteiger partial charge in [0.25, 0.3) is 0 Å². The smallest absolute Gasteiger partial charge is 0.434 e. The first kappa shape index (κ1) is 25.6. The molecule has 1 aromatic carbocycles. The minimum absolute atomic E-state index is 0.0363. The predicted octanol–water partition coefficient (Wildman–Crippen LogP) is 5.51. The van der Waals surface area contributed by atoms with Crippen molar-refractivity contribution >= 4 is 11.0 Å². The number of pyridine rings is 1. The van der Waals surface area contributed by atoms with Crippen LogP contribution in [0.1, 0.15) is 35.7 Å². The van der Waals surface area contributed by atoms with Crippen LogP contribution in [0, 0.1) is 5.82 Å². The first-order chi connectivity index (χ1) is 19.2. The van der Waals surface area contributed by atoms with E-state index in [0.717, 1.165) is 30.9 Å². The van der Waals surface area contributed by atoms with Gasteiger partial charge < -0.3 is 14.0 Å². The maximum atomic E-state index is 14.1. The molecule has 0 amide bonds. The number of nitrogens with zero attached hydrogens (tertiary/aromatic N) is 7. The predicted molar refractivity (Wildman–Crippen MR) is 135 cm³/mol. The Morgan fingerprint density at radius 3 is 2.45 bits per heavy atom. The average molecular weight is 552 g/mol. The van der Waals surface area contributed by atoms with Crippen LogP contribution in [0.2, 0.25) is 0 Å². The molecule has 4 aromatic heterocycles. The summed E-state index contributed by atoms with van der Waals surface area (Å²) in [6, 6.07) is 7.96. The molecule has 1 aliphatic carbocycles. The van der Waals surface area contributed by atoms with Crippen molar-refractivity contribution in [1.82, 2.24) is 34.5 Å². The zero-order chi connectivity index (χ0) is 28.0. The van der Waals surface area contributed by atoms with Crippen molar-refractivity contribution in [2.24, 2.45) is 7.05 Å². The fourth-order valence-corrected chi connectivity index (χ4v) is 4.37. The Hall–Kier alpha value is -4.68. The zero-order valence-electron chi connectivity index (χ0n) is 21.3. The van der Waals surface area contributed by atoms with E-state index in [0.29, 0.717) is 22.6 Å². The van der Waals surface area contributed by atoms with Crippen LogP contribution in [0.25, 0.3) is 33.8 Å². The largest absolute Gasteiger partial charge is 0.480 e. The summed E-state index contributed by atoms with van der Waals surface area (Å²) in [6.45, 7) is 0.0363. The van der Waals surface area contributed by atoms with Crippen molar-refractivity contribution < 1.29 is 27.0 Å². The van der Waals surface area contributed by atoms with E-state index >= 15 is 0 Å². The molecule has 0 atom stereocenters. The minimum atomic E-state index is -4.54. The molecule has 5 aromatic rings. The van der Waals surface area contributed by atoms with E-state index in [1.807, 2.05) is 0 Å². The van der Waals surface area contributed by atoms with E-state index in [4.69, 9.17) is 9.47 Å². The molecule has 0 spiro atoms. The second-order valence-corrected chi connectivity index (χ2v) is 9.34. The standard InChI is InChI=1S/C27H21F4N7O2/c1-38-11-19(27(29,30)31)35-24(38)16-5-3-14(4-6-16)12-40-25-18-9-17(28)10-32-22(18)36-23(37-25)20-21(15-7-8-15)33-13-34-26(20)39-2/h3-6,9-11,13,15H,7-8,12H2,1-2H3. The number of alkyl halides is 3. The lowest BCUT2D eigenvalue weighted by molar-refractivity contribution is -0.140. The molecule has 40 heavy (non-hydrogen) atoms. The van der Waals surface area contributed by atoms with Gasteiger partial charge in [-0.3, -0.25) is 0 Å². The van der Waals surface area contributed by atoms with Gasteiger partial charge >= 0.3 is 6.18 Å². The quantitative estimate of drug-likeness (QED) is 0.244. The third kappa shape index (κ3) is 4.90. The lowest BCUT2D eigenvalue weighted by atomic mass is 10.1. The lowest BCUT2D eigenvalue weighted by Crippen LogP contribution is -2.05. The summed E-state index contributed by atoms with van der Waals surface area (Å²) >= 11 is 0. The van der Waals surface area contributed by atoms with E-state index in [9.17, 15) is 17.6 Å². The van der Waals surface area contributed by atoms with Crippen molar-refractivity contribution in [3.8, 4) is 34.5 Å². The summed E-state index contributed by atoms with van der Waals surface area (Å²) < 4.78 is 66.1. The van der Waals surface area contributed by atoms with Crippen molar-refractivity contribution in [2.45, 2.75) is 31.5 Å². The Balaban J connectivity index is 1.32. The number of imidazole rings is 1. The van der Waals surface area contributed by atoms with Crippen LogP contribution in [-0.4, -0.2) is 41.6 Å². The Labute approximate surface area is 224 Å². The number of halogens is 4. The summed E-state index contributed by atoms with van der Waals surface area (Å²) in [5.41, 5.74) is 1.76. The Bertz CT molecular complexity index is 1720. The molecule has 4 heterocycles. The number of methoxy groups -OCH3 is 1. The van der Waals surface area contributed by atoms with Gasteiger partial charge in [-0.2, -0.15) is 18.2 Å². The van der Waals surface area contributed by atoms with Crippen molar-refractivity contribution in [1.29, 1.82) is 0 Å². The van der Waals surface area contributed by atoms with E-state index in [-0.39, 0.29) is 41.1 Å². The van der Waals surface area contributed by atoms with Crippen LogP contribution in [0.4, 0.5) is 17.6 Å². The number of aromatic nitrogens is 7. The van der Waals surface area contributed by atoms with E-state index < -0.39 is 17.7 Å². The molecule has 0 aliphatic heterocycles. The maximum absolute atomic E-state index is 14.1. The highest BCUT2D eigenvalue weighted by Crippen LogP contribution is 2.45. The SMILES string of the molecule is COc1ncnc(C2CC2)c1-c1nc(OCc2ccc(-c3nc(C(F)(F)F)cn3C)cc2)c2cc(F)cnc2n1. The van der Waals surface area contributed by atoms with E-state index in [1.54, 1.807) is 24.3 Å². The molecule has 0 unspecified atom stereocenters. The van der Waals surface area contributed by atoms with E-state index in [2.05, 4.69) is 29.9 Å². The average Bonchev–Trinajstić information content (AvgIpc) is 3.71. The number of fused-ring (bicyclic) bond motifs is 1. The fraction of sp³-hybridized carbons (Fsp3) is 0.259. The first-order valence-corrected chi connectivity index (χ1v) is 12.3. The number of hydrogen-bond acceptors (Lipinski definition) is 8. The van der Waals surface area contributed by atoms with Gasteiger partial charge in [-0.15, -0.1) is 0 Å². The number of aryl methyl sites for hydroxylation is 1. The lowest BCUT2D eigenvalue weighted by Gasteiger charge is -2.13. The number of rotatable bonds is 7. The summed E-state index contributed by atoms with van der Waals surface area (Å²) in [6.07, 6.45) is 0.842. The molecule has 1 saturated carbocycles. The summed E-state index contributed by atoms with van der Waals surface area (Å²) in [4.78, 5) is 25.6. The van der Waals surface area contributed by atoms with Gasteiger partial charge in [0.2, 0.25) is 11.8 Å². The summed E-state index contributed by atoms with van der Waals surface area (Å²) in [7, 11) is 2.99. The summed E-state index contributed by atoms with van der Waals surface area (Å²) in [5.74, 6) is 0.488. The number of hydrogen-bond donors (Lipinski definition) is 0. The van der Waals surface area contributed by atoms with Crippen LogP contribution >= 0.6 is 0 Å². The maximum Gasteiger partial charge on any atom is 0.434 e. The molecule has 13 heteroatoms. The van der Waals surface area contributed by atoms with Crippen LogP contribution in [-0.2, 0) is 19.8 Å². The summed E-state index contributed by atoms with van der Waals surface area (Å²) in [5, 5.41) is 0.275. The molecule has 1 aliphatic rings. The van der Waals surface area contributed by atoms with Gasteiger partial charge in [0, 0.05) is 24.7 Å². The highest BCUT2D eigenvalue weighted by molar-refractivity contribution is 5.83. The Kier molecular flexibility index (Phi) is 6.28. The Morgan fingerprint density at radius 2 is 1.77 bits per heavy atom. The highest BCUT2D eigenvalue weighted by Gasteiger charge is 2.35. The molecular formula is C27H21F4N7O2. The first-order valence-electron chi connectivity index (χ1n) is 12.3. The van der Waals surface area contributed by atoms with Crippen LogP contribution in [0.3, 0.4) is 0 Å². The fourth-order valence-electron chi connectivity index (χ4n) is 4.37. The second kappa shape index (κ2) is 9.81. The highest BCUT2D eigenvalue weighted by atomic mass is 19.4. The molecule has 204 valence electrons. The Morgan fingerprint density at radius 1 is 1.00 bits per heavy atom. The monoisotopic (exact) mass is 551 g/mol. The molecule has 0 radical (unpaired) electrons. The molecule has 1 fully saturated rings. The third-order valence-electron chi connectivity index (χ3n) is 6.46. The molecule has 6 rings (SSSR count). The molecule has 0 bridgehead atoms. The van der Waals surface area contributed by atoms with Gasteiger partial charge in [-0.05, 0) is 24.5 Å². The van der Waals surface area contributed by atoms with Gasteiger partial charge in [-0.25, -0.2) is 29.3 Å². The molecule has 0 saturated heterocycles. The van der Waals surface area contributed by atoms with Gasteiger partial charge in [0.1, 0.15) is 30.1 Å². The topological polar surface area (TPSA) is 101 Å². The zero-order valence-corrected chi connectivity index (χ0v) is 21.3.